The summed E-state index contributed by atoms with van der Waals surface area (Å²) in [6.45, 7) is 0. The maximum absolute atomic E-state index is 11.3. The fraction of sp³-hybridized carbons (Fsp3) is 0.357. The highest BCUT2D eigenvalue weighted by atomic mass is 16.1. The highest BCUT2D eigenvalue weighted by Gasteiger charge is 2.21. The highest BCUT2D eigenvalue weighted by molar-refractivity contribution is 5.87. The number of aryl methyl sites for hydroxylation is 1. The number of carbonyl (C=O) groups excluding carboxylic acids is 1. The van der Waals surface area contributed by atoms with Crippen LogP contribution in [0.25, 0.3) is 0 Å². The second-order valence-corrected chi connectivity index (χ2v) is 4.21. The molecule has 1 aromatic carbocycles. The topological polar surface area (TPSA) is 29.1 Å². The molecule has 0 aliphatic heterocycles. The van der Waals surface area contributed by atoms with Crippen molar-refractivity contribution in [1.82, 2.24) is 5.32 Å². The minimum atomic E-state index is 0.0514. The minimum absolute atomic E-state index is 0.0514. The number of nitrogens with one attached hydrogen (secondary N) is 1. The number of hydrogen-bond acceptors (Lipinski definition) is 1. The average molecular weight is 215 g/mol. The number of benzene rings is 1. The van der Waals surface area contributed by atoms with Crippen LogP contribution in [-0.4, -0.2) is 11.9 Å². The van der Waals surface area contributed by atoms with Gasteiger partial charge in [-0.05, 0) is 37.3 Å². The number of rotatable bonds is 5. The van der Waals surface area contributed by atoms with Crippen LogP contribution in [0.3, 0.4) is 0 Å². The average Bonchev–Trinajstić information content (AvgIpc) is 3.10. The molecule has 1 aliphatic carbocycles. The van der Waals surface area contributed by atoms with Gasteiger partial charge in [0.1, 0.15) is 0 Å². The number of amides is 1. The lowest BCUT2D eigenvalue weighted by Crippen LogP contribution is -2.22. The molecule has 0 heterocycles. The summed E-state index contributed by atoms with van der Waals surface area (Å²) in [6, 6.07) is 10.8. The van der Waals surface area contributed by atoms with E-state index in [1.54, 1.807) is 6.08 Å². The van der Waals surface area contributed by atoms with Crippen molar-refractivity contribution in [2.45, 2.75) is 31.7 Å². The molecule has 0 radical (unpaired) electrons. The molecule has 2 nitrogen and oxygen atoms in total. The second kappa shape index (κ2) is 5.50. The van der Waals surface area contributed by atoms with Crippen LogP contribution in [-0.2, 0) is 11.2 Å². The molecule has 0 saturated heterocycles. The maximum atomic E-state index is 11.3. The van der Waals surface area contributed by atoms with Gasteiger partial charge in [0.15, 0.2) is 0 Å². The van der Waals surface area contributed by atoms with Crippen LogP contribution >= 0.6 is 0 Å². The summed E-state index contributed by atoms with van der Waals surface area (Å²) in [7, 11) is 0. The van der Waals surface area contributed by atoms with Crippen LogP contribution in [0.4, 0.5) is 0 Å². The first-order chi connectivity index (χ1) is 7.84. The summed E-state index contributed by atoms with van der Waals surface area (Å²) in [5.74, 6) is 0.0514. The third kappa shape index (κ3) is 3.89. The molecule has 0 spiro atoms. The smallest absolute Gasteiger partial charge is 0.243 e. The predicted molar refractivity (Wildman–Crippen MR) is 65.1 cm³/mol. The molecule has 0 atom stereocenters. The molecule has 0 bridgehead atoms. The monoisotopic (exact) mass is 215 g/mol. The van der Waals surface area contributed by atoms with Crippen molar-refractivity contribution in [3.8, 4) is 0 Å². The second-order valence-electron chi connectivity index (χ2n) is 4.21. The van der Waals surface area contributed by atoms with Crippen LogP contribution in [0.2, 0.25) is 0 Å². The van der Waals surface area contributed by atoms with E-state index in [9.17, 15) is 4.79 Å². The quantitative estimate of drug-likeness (QED) is 0.751. The third-order valence-corrected chi connectivity index (χ3v) is 2.64. The molecule has 0 unspecified atom stereocenters. The van der Waals surface area contributed by atoms with E-state index in [0.29, 0.717) is 6.04 Å². The Morgan fingerprint density at radius 2 is 2.06 bits per heavy atom. The summed E-state index contributed by atoms with van der Waals surface area (Å²) in [6.07, 6.45) is 7.80. The van der Waals surface area contributed by atoms with Crippen molar-refractivity contribution in [2.75, 3.05) is 0 Å². The van der Waals surface area contributed by atoms with E-state index in [4.69, 9.17) is 0 Å². The van der Waals surface area contributed by atoms with E-state index in [1.807, 2.05) is 24.3 Å². The zero-order valence-electron chi connectivity index (χ0n) is 9.36. The van der Waals surface area contributed by atoms with E-state index >= 15 is 0 Å². The number of hydrogen-bond donors (Lipinski definition) is 1. The predicted octanol–water partition coefficient (Wildman–Crippen LogP) is 2.45. The molecule has 2 heteroatoms. The van der Waals surface area contributed by atoms with E-state index in [-0.39, 0.29) is 5.91 Å². The van der Waals surface area contributed by atoms with Gasteiger partial charge >= 0.3 is 0 Å². The summed E-state index contributed by atoms with van der Waals surface area (Å²) in [5.41, 5.74) is 1.31. The molecule has 84 valence electrons. The first kappa shape index (κ1) is 10.9. The molecule has 0 aromatic heterocycles. The lowest BCUT2D eigenvalue weighted by molar-refractivity contribution is -0.116. The molecule has 1 saturated carbocycles. The number of allylic oxidation sites excluding steroid dienone is 1. The summed E-state index contributed by atoms with van der Waals surface area (Å²) in [4.78, 5) is 11.3. The molecular formula is C14H17NO. The van der Waals surface area contributed by atoms with Crippen molar-refractivity contribution < 1.29 is 4.79 Å². The van der Waals surface area contributed by atoms with Gasteiger partial charge in [0.2, 0.25) is 5.91 Å². The van der Waals surface area contributed by atoms with Crippen molar-refractivity contribution in [2.24, 2.45) is 0 Å². The first-order valence-corrected chi connectivity index (χ1v) is 5.85. The van der Waals surface area contributed by atoms with Crippen LogP contribution < -0.4 is 5.32 Å². The Balaban J connectivity index is 1.66. The van der Waals surface area contributed by atoms with Gasteiger partial charge in [-0.1, -0.05) is 36.4 Å². The Kier molecular flexibility index (Phi) is 3.76. The zero-order chi connectivity index (χ0) is 11.2. The van der Waals surface area contributed by atoms with Crippen molar-refractivity contribution in [1.29, 1.82) is 0 Å². The van der Waals surface area contributed by atoms with Crippen molar-refractivity contribution in [3.05, 3.63) is 48.0 Å². The largest absolute Gasteiger partial charge is 0.350 e. The SMILES string of the molecule is O=C(/C=C/CCc1ccccc1)NC1CC1. The van der Waals surface area contributed by atoms with Crippen LogP contribution in [0.5, 0.6) is 0 Å². The maximum Gasteiger partial charge on any atom is 0.243 e. The lowest BCUT2D eigenvalue weighted by atomic mass is 10.1. The van der Waals surface area contributed by atoms with Gasteiger partial charge in [0, 0.05) is 6.04 Å². The van der Waals surface area contributed by atoms with E-state index in [0.717, 1.165) is 25.7 Å². The van der Waals surface area contributed by atoms with E-state index < -0.39 is 0 Å². The highest BCUT2D eigenvalue weighted by Crippen LogP contribution is 2.18. The number of carbonyl (C=O) groups is 1. The van der Waals surface area contributed by atoms with Gasteiger partial charge in [-0.2, -0.15) is 0 Å². The Hall–Kier alpha value is -1.57. The fourth-order valence-electron chi connectivity index (χ4n) is 1.56. The Bertz CT molecular complexity index is 366. The fourth-order valence-corrected chi connectivity index (χ4v) is 1.56. The molecule has 1 amide bonds. The van der Waals surface area contributed by atoms with Crippen LogP contribution in [0.1, 0.15) is 24.8 Å². The lowest BCUT2D eigenvalue weighted by Gasteiger charge is -1.98. The zero-order valence-corrected chi connectivity index (χ0v) is 9.36. The Morgan fingerprint density at radius 1 is 1.31 bits per heavy atom. The van der Waals surface area contributed by atoms with Crippen molar-refractivity contribution in [3.63, 3.8) is 0 Å². The molecule has 1 aliphatic rings. The molecule has 1 aromatic rings. The summed E-state index contributed by atoms with van der Waals surface area (Å²) in [5, 5.41) is 2.93. The van der Waals surface area contributed by atoms with Crippen LogP contribution in [0.15, 0.2) is 42.5 Å². The molecule has 1 N–H and O–H groups in total. The van der Waals surface area contributed by atoms with Gasteiger partial charge in [-0.3, -0.25) is 4.79 Å². The third-order valence-electron chi connectivity index (χ3n) is 2.64. The Morgan fingerprint density at radius 3 is 2.75 bits per heavy atom. The van der Waals surface area contributed by atoms with Gasteiger partial charge in [-0.25, -0.2) is 0 Å². The van der Waals surface area contributed by atoms with Gasteiger partial charge in [-0.15, -0.1) is 0 Å². The van der Waals surface area contributed by atoms with Gasteiger partial charge in [0.05, 0.1) is 0 Å². The Labute approximate surface area is 96.4 Å². The van der Waals surface area contributed by atoms with Crippen molar-refractivity contribution >= 4 is 5.91 Å². The van der Waals surface area contributed by atoms with E-state index in [2.05, 4.69) is 17.4 Å². The van der Waals surface area contributed by atoms with E-state index in [1.165, 1.54) is 5.56 Å². The molecule has 1 fully saturated rings. The van der Waals surface area contributed by atoms with Crippen LogP contribution in [0, 0.1) is 0 Å². The van der Waals surface area contributed by atoms with Gasteiger partial charge in [0.25, 0.3) is 0 Å². The molecule has 2 rings (SSSR count). The normalized spacial score (nSPS) is 15.2. The summed E-state index contributed by atoms with van der Waals surface area (Å²) >= 11 is 0. The van der Waals surface area contributed by atoms with Gasteiger partial charge < -0.3 is 5.32 Å². The summed E-state index contributed by atoms with van der Waals surface area (Å²) < 4.78 is 0. The minimum Gasteiger partial charge on any atom is -0.350 e. The standard InChI is InChI=1S/C14H17NO/c16-14(15-13-10-11-13)9-5-4-8-12-6-2-1-3-7-12/h1-3,5-7,9,13H,4,8,10-11H2,(H,15,16)/b9-5+. The first-order valence-electron chi connectivity index (χ1n) is 5.85. The molecule has 16 heavy (non-hydrogen) atoms. The molecular weight excluding hydrogens is 198 g/mol.